The van der Waals surface area contributed by atoms with E-state index < -0.39 is 20.0 Å². The zero-order chi connectivity index (χ0) is 58.4. The molecule has 0 aromatic rings. The molecule has 470 valence electrons. The number of carbonyl (C=O) groups is 1. The van der Waals surface area contributed by atoms with Gasteiger partial charge in [0.1, 0.15) is 13.2 Å². The lowest BCUT2D eigenvalue weighted by atomic mass is 10.0. The number of likely N-dealkylation sites (N-methyl/N-ethyl adjacent to an activating group) is 1. The molecule has 0 aliphatic rings. The number of carbonyl (C=O) groups excluding carboxylic acids is 1. The summed E-state index contributed by atoms with van der Waals surface area (Å²) in [5, 5.41) is 14.0. The molecule has 0 heterocycles. The molecule has 0 saturated heterocycles. The summed E-state index contributed by atoms with van der Waals surface area (Å²) in [6, 6.07) is -0.845. The summed E-state index contributed by atoms with van der Waals surface area (Å²) in [6.07, 6.45) is 85.2. The Kier molecular flexibility index (Phi) is 60.4. The Labute approximate surface area is 498 Å². The summed E-state index contributed by atoms with van der Waals surface area (Å²) in [6.45, 7) is 4.74. The van der Waals surface area contributed by atoms with Crippen LogP contribution < -0.4 is 5.32 Å². The monoisotopic (exact) mass is 1140 g/mol. The van der Waals surface area contributed by atoms with E-state index in [1.807, 2.05) is 27.2 Å². The third-order valence-corrected chi connectivity index (χ3v) is 16.7. The lowest BCUT2D eigenvalue weighted by Crippen LogP contribution is -2.45. The third-order valence-electron chi connectivity index (χ3n) is 15.7. The van der Waals surface area contributed by atoms with E-state index in [4.69, 9.17) is 9.05 Å². The highest BCUT2D eigenvalue weighted by Crippen LogP contribution is 2.43. The van der Waals surface area contributed by atoms with Crippen LogP contribution in [0.4, 0.5) is 0 Å². The molecule has 3 unspecified atom stereocenters. The highest BCUT2D eigenvalue weighted by atomic mass is 31.2. The van der Waals surface area contributed by atoms with Crippen LogP contribution in [0.25, 0.3) is 0 Å². The SMILES string of the molecule is CC/C=C\C/C=C\C/C=C\C/C=C\CCCCCCCCCCCCCCCCCCCCCCCCCCCCCCC(=O)NC(COP(=O)(O)OCC[N+](C)(C)C)C(O)/C=C/CCCCCCCCCCCCCCCCC. The summed E-state index contributed by atoms with van der Waals surface area (Å²) >= 11 is 0. The Balaban J connectivity index is 3.88. The quantitative estimate of drug-likeness (QED) is 0.0243. The molecule has 80 heavy (non-hydrogen) atoms. The van der Waals surface area contributed by atoms with Crippen LogP contribution in [-0.2, 0) is 18.4 Å². The largest absolute Gasteiger partial charge is 0.472 e. The fourth-order valence-corrected chi connectivity index (χ4v) is 11.1. The van der Waals surface area contributed by atoms with Gasteiger partial charge in [-0.3, -0.25) is 13.8 Å². The predicted molar refractivity (Wildman–Crippen MR) is 350 cm³/mol. The fraction of sp³-hybridized carbons (Fsp3) is 0.845. The maximum Gasteiger partial charge on any atom is 0.472 e. The van der Waals surface area contributed by atoms with Crippen molar-refractivity contribution in [2.45, 2.75) is 347 Å². The Morgan fingerprint density at radius 1 is 0.438 bits per heavy atom. The zero-order valence-electron chi connectivity index (χ0n) is 53.8. The molecule has 8 nitrogen and oxygen atoms in total. The van der Waals surface area contributed by atoms with Gasteiger partial charge in [0.2, 0.25) is 5.91 Å². The van der Waals surface area contributed by atoms with Gasteiger partial charge in [0.05, 0.1) is 39.9 Å². The van der Waals surface area contributed by atoms with E-state index in [-0.39, 0.29) is 19.1 Å². The summed E-state index contributed by atoms with van der Waals surface area (Å²) in [5.74, 6) is -0.171. The van der Waals surface area contributed by atoms with Crippen LogP contribution >= 0.6 is 7.82 Å². The van der Waals surface area contributed by atoms with Gasteiger partial charge in [0.25, 0.3) is 0 Å². The summed E-state index contributed by atoms with van der Waals surface area (Å²) in [4.78, 5) is 23.4. The van der Waals surface area contributed by atoms with E-state index in [0.29, 0.717) is 17.4 Å². The van der Waals surface area contributed by atoms with Crippen LogP contribution in [0.15, 0.2) is 60.8 Å². The molecule has 0 rings (SSSR count). The van der Waals surface area contributed by atoms with Gasteiger partial charge in [-0.1, -0.05) is 331 Å². The molecular weight excluding hydrogens is 1010 g/mol. The van der Waals surface area contributed by atoms with Gasteiger partial charge < -0.3 is 19.8 Å². The molecular formula is C71H136N2O6P+. The Hall–Kier alpha value is -1.80. The molecule has 0 aliphatic carbocycles. The molecule has 0 spiro atoms. The van der Waals surface area contributed by atoms with Gasteiger partial charge in [-0.15, -0.1) is 0 Å². The molecule has 0 aromatic carbocycles. The molecule has 0 bridgehead atoms. The minimum atomic E-state index is -4.35. The Morgan fingerprint density at radius 3 is 1.10 bits per heavy atom. The number of nitrogens with one attached hydrogen (secondary N) is 1. The fourth-order valence-electron chi connectivity index (χ4n) is 10.4. The van der Waals surface area contributed by atoms with Crippen molar-refractivity contribution >= 4 is 13.7 Å². The highest BCUT2D eigenvalue weighted by Gasteiger charge is 2.28. The molecule has 0 aromatic heterocycles. The molecule has 0 radical (unpaired) electrons. The number of allylic oxidation sites excluding steroid dienone is 9. The summed E-state index contributed by atoms with van der Waals surface area (Å²) in [7, 11) is 1.59. The summed E-state index contributed by atoms with van der Waals surface area (Å²) < 4.78 is 23.8. The lowest BCUT2D eigenvalue weighted by Gasteiger charge is -2.25. The van der Waals surface area contributed by atoms with E-state index in [9.17, 15) is 19.4 Å². The zero-order valence-corrected chi connectivity index (χ0v) is 54.7. The molecule has 9 heteroatoms. The Bertz CT molecular complexity index is 1490. The molecule has 1 amide bonds. The first-order valence-corrected chi connectivity index (χ1v) is 36.2. The Morgan fingerprint density at radius 2 is 0.750 bits per heavy atom. The molecule has 0 aliphatic heterocycles. The average molecular weight is 1140 g/mol. The van der Waals surface area contributed by atoms with Crippen molar-refractivity contribution in [3.05, 3.63) is 60.8 Å². The second kappa shape index (κ2) is 61.8. The van der Waals surface area contributed by atoms with Crippen LogP contribution in [0, 0.1) is 0 Å². The summed E-state index contributed by atoms with van der Waals surface area (Å²) in [5.41, 5.74) is 0. The normalized spacial score (nSPS) is 14.0. The number of amides is 1. The van der Waals surface area contributed by atoms with Crippen molar-refractivity contribution in [3.63, 3.8) is 0 Å². The number of unbranched alkanes of at least 4 members (excludes halogenated alkanes) is 43. The first-order valence-electron chi connectivity index (χ1n) is 34.7. The van der Waals surface area contributed by atoms with Crippen LogP contribution in [0.2, 0.25) is 0 Å². The third kappa shape index (κ3) is 63.8. The maximum atomic E-state index is 13.0. The van der Waals surface area contributed by atoms with Crippen LogP contribution in [0.5, 0.6) is 0 Å². The van der Waals surface area contributed by atoms with Crippen molar-refractivity contribution in [1.82, 2.24) is 5.32 Å². The number of hydrogen-bond acceptors (Lipinski definition) is 5. The minimum Gasteiger partial charge on any atom is -0.387 e. The molecule has 0 saturated carbocycles. The van der Waals surface area contributed by atoms with E-state index in [0.717, 1.165) is 64.2 Å². The predicted octanol–water partition coefficient (Wildman–Crippen LogP) is 22.0. The number of aliphatic hydroxyl groups is 1. The average Bonchev–Trinajstić information content (AvgIpc) is 3.42. The number of phosphoric ester groups is 1. The van der Waals surface area contributed by atoms with E-state index >= 15 is 0 Å². The maximum absolute atomic E-state index is 13.0. The van der Waals surface area contributed by atoms with E-state index in [1.54, 1.807) is 6.08 Å². The first kappa shape index (κ1) is 78.2. The molecule has 3 atom stereocenters. The van der Waals surface area contributed by atoms with Crippen molar-refractivity contribution in [3.8, 4) is 0 Å². The standard InChI is InChI=1S/C71H135N2O6P/c1-6-8-10-12-14-16-18-20-22-24-25-26-27-28-29-30-31-32-33-34-35-36-37-38-39-40-41-42-43-44-45-46-47-49-51-53-55-57-59-61-63-65-71(75)72-69(68-79-80(76,77)78-67-66-73(3,4)5)70(74)64-62-60-58-56-54-52-50-48-23-21-19-17-15-13-11-9-7-2/h8,10,14,16,20,22,25-26,62,64,69-70,74H,6-7,9,11-13,15,17-19,21,23-24,27-61,63,65-68H2,1-5H3,(H-,72,75,76,77)/p+1/b10-8-,16-14-,22-20-,26-25-,64-62+. The topological polar surface area (TPSA) is 105 Å². The van der Waals surface area contributed by atoms with Gasteiger partial charge in [0.15, 0.2) is 0 Å². The second-order valence-corrected chi connectivity index (χ2v) is 26.3. The number of nitrogens with zero attached hydrogens (tertiary/aromatic N) is 1. The van der Waals surface area contributed by atoms with Crippen molar-refractivity contribution in [2.24, 2.45) is 0 Å². The van der Waals surface area contributed by atoms with Crippen LogP contribution in [0.1, 0.15) is 335 Å². The number of quaternary nitrogens is 1. The van der Waals surface area contributed by atoms with Gasteiger partial charge in [0, 0.05) is 6.42 Å². The highest BCUT2D eigenvalue weighted by molar-refractivity contribution is 7.47. The second-order valence-electron chi connectivity index (χ2n) is 24.9. The van der Waals surface area contributed by atoms with Gasteiger partial charge >= 0.3 is 7.82 Å². The van der Waals surface area contributed by atoms with E-state index in [1.165, 1.54) is 250 Å². The minimum absolute atomic E-state index is 0.0632. The van der Waals surface area contributed by atoms with Crippen molar-refractivity contribution in [2.75, 3.05) is 40.9 Å². The van der Waals surface area contributed by atoms with Crippen LogP contribution in [-0.4, -0.2) is 73.4 Å². The van der Waals surface area contributed by atoms with Crippen molar-refractivity contribution < 1.29 is 32.9 Å². The lowest BCUT2D eigenvalue weighted by molar-refractivity contribution is -0.870. The molecule has 0 fully saturated rings. The number of rotatable bonds is 64. The van der Waals surface area contributed by atoms with Crippen molar-refractivity contribution in [1.29, 1.82) is 0 Å². The number of aliphatic hydroxyl groups excluding tert-OH is 1. The van der Waals surface area contributed by atoms with E-state index in [2.05, 4.69) is 67.8 Å². The first-order chi connectivity index (χ1) is 39.0. The number of phosphoric acid groups is 1. The van der Waals surface area contributed by atoms with Gasteiger partial charge in [-0.2, -0.15) is 0 Å². The van der Waals surface area contributed by atoms with Gasteiger partial charge in [-0.25, -0.2) is 4.57 Å². The van der Waals surface area contributed by atoms with Crippen LogP contribution in [0.3, 0.4) is 0 Å². The smallest absolute Gasteiger partial charge is 0.387 e. The number of hydrogen-bond donors (Lipinski definition) is 3. The molecule has 3 N–H and O–H groups in total. The van der Waals surface area contributed by atoms with Gasteiger partial charge in [-0.05, 0) is 57.8 Å².